The van der Waals surface area contributed by atoms with Crippen LogP contribution in [0.1, 0.15) is 25.8 Å². The SMILES string of the molecule is CCOC(=O)/C(=C/c1ccc(Oc2ccccc2)cc1)CC. The summed E-state index contributed by atoms with van der Waals surface area (Å²) in [6, 6.07) is 17.2. The Bertz CT molecular complexity index is 627. The van der Waals surface area contributed by atoms with Gasteiger partial charge in [0.25, 0.3) is 0 Å². The van der Waals surface area contributed by atoms with Crippen molar-refractivity contribution >= 4 is 12.0 Å². The van der Waals surface area contributed by atoms with Gasteiger partial charge in [0.05, 0.1) is 6.61 Å². The van der Waals surface area contributed by atoms with Gasteiger partial charge in [-0.05, 0) is 49.2 Å². The lowest BCUT2D eigenvalue weighted by atomic mass is 10.1. The Kier molecular flexibility index (Phi) is 5.78. The molecule has 0 heterocycles. The monoisotopic (exact) mass is 296 g/mol. The number of para-hydroxylation sites is 1. The first kappa shape index (κ1) is 15.8. The molecule has 0 fully saturated rings. The molecule has 0 radical (unpaired) electrons. The minimum atomic E-state index is -0.255. The second kappa shape index (κ2) is 8.03. The van der Waals surface area contributed by atoms with Crippen molar-refractivity contribution in [1.82, 2.24) is 0 Å². The zero-order chi connectivity index (χ0) is 15.8. The van der Waals surface area contributed by atoms with Gasteiger partial charge in [0.1, 0.15) is 11.5 Å². The summed E-state index contributed by atoms with van der Waals surface area (Å²) in [4.78, 5) is 11.8. The predicted molar refractivity (Wildman–Crippen MR) is 87.9 cm³/mol. The molecule has 0 spiro atoms. The molecule has 2 rings (SSSR count). The highest BCUT2D eigenvalue weighted by Gasteiger charge is 2.08. The minimum absolute atomic E-state index is 0.255. The number of carbonyl (C=O) groups excluding carboxylic acids is 1. The van der Waals surface area contributed by atoms with Gasteiger partial charge in [-0.2, -0.15) is 0 Å². The number of benzene rings is 2. The molecule has 3 heteroatoms. The van der Waals surface area contributed by atoms with E-state index < -0.39 is 0 Å². The summed E-state index contributed by atoms with van der Waals surface area (Å²) in [5.74, 6) is 1.30. The van der Waals surface area contributed by atoms with Gasteiger partial charge in [0, 0.05) is 5.57 Å². The van der Waals surface area contributed by atoms with E-state index in [9.17, 15) is 4.79 Å². The molecular weight excluding hydrogens is 276 g/mol. The van der Waals surface area contributed by atoms with E-state index in [0.29, 0.717) is 18.6 Å². The average molecular weight is 296 g/mol. The van der Waals surface area contributed by atoms with Crippen LogP contribution in [0.4, 0.5) is 0 Å². The number of carbonyl (C=O) groups is 1. The second-order valence-electron chi connectivity index (χ2n) is 4.73. The molecule has 114 valence electrons. The molecule has 2 aromatic carbocycles. The fourth-order valence-electron chi connectivity index (χ4n) is 1.99. The van der Waals surface area contributed by atoms with Crippen LogP contribution < -0.4 is 4.74 Å². The van der Waals surface area contributed by atoms with Crippen molar-refractivity contribution < 1.29 is 14.3 Å². The Balaban J connectivity index is 2.09. The Labute approximate surface area is 131 Å². The molecule has 0 amide bonds. The maximum atomic E-state index is 11.8. The van der Waals surface area contributed by atoms with Crippen LogP contribution >= 0.6 is 0 Å². The number of hydrogen-bond donors (Lipinski definition) is 0. The van der Waals surface area contributed by atoms with Crippen LogP contribution in [0, 0.1) is 0 Å². The number of esters is 1. The van der Waals surface area contributed by atoms with Crippen LogP contribution in [0.15, 0.2) is 60.2 Å². The quantitative estimate of drug-likeness (QED) is 0.565. The molecule has 0 atom stereocenters. The van der Waals surface area contributed by atoms with Crippen molar-refractivity contribution in [3.05, 3.63) is 65.7 Å². The summed E-state index contributed by atoms with van der Waals surface area (Å²) in [5, 5.41) is 0. The second-order valence-corrected chi connectivity index (χ2v) is 4.73. The number of rotatable bonds is 6. The maximum Gasteiger partial charge on any atom is 0.333 e. The fourth-order valence-corrected chi connectivity index (χ4v) is 1.99. The Morgan fingerprint density at radius 1 is 0.955 bits per heavy atom. The number of hydrogen-bond acceptors (Lipinski definition) is 3. The predicted octanol–water partition coefficient (Wildman–Crippen LogP) is 4.84. The van der Waals surface area contributed by atoms with E-state index in [1.165, 1.54) is 0 Å². The first-order valence-corrected chi connectivity index (χ1v) is 7.43. The van der Waals surface area contributed by atoms with Crippen molar-refractivity contribution in [3.8, 4) is 11.5 Å². The van der Waals surface area contributed by atoms with E-state index in [1.54, 1.807) is 6.92 Å². The highest BCUT2D eigenvalue weighted by Crippen LogP contribution is 2.22. The zero-order valence-electron chi connectivity index (χ0n) is 12.9. The van der Waals surface area contributed by atoms with Gasteiger partial charge >= 0.3 is 5.97 Å². The van der Waals surface area contributed by atoms with Gasteiger partial charge in [-0.25, -0.2) is 4.79 Å². The van der Waals surface area contributed by atoms with Crippen LogP contribution in [0.2, 0.25) is 0 Å². The smallest absolute Gasteiger partial charge is 0.333 e. The lowest BCUT2D eigenvalue weighted by Gasteiger charge is -2.07. The van der Waals surface area contributed by atoms with Gasteiger partial charge in [0.2, 0.25) is 0 Å². The molecule has 0 aliphatic rings. The van der Waals surface area contributed by atoms with Crippen LogP contribution in [-0.2, 0) is 9.53 Å². The third-order valence-corrected chi connectivity index (χ3v) is 3.12. The molecule has 0 saturated heterocycles. The molecular formula is C19H20O3. The van der Waals surface area contributed by atoms with Crippen LogP contribution in [0.25, 0.3) is 6.08 Å². The van der Waals surface area contributed by atoms with Gasteiger partial charge in [-0.3, -0.25) is 0 Å². The topological polar surface area (TPSA) is 35.5 Å². The Morgan fingerprint density at radius 3 is 2.18 bits per heavy atom. The molecule has 0 N–H and O–H groups in total. The molecule has 0 aromatic heterocycles. The van der Waals surface area contributed by atoms with E-state index in [0.717, 1.165) is 17.1 Å². The Hall–Kier alpha value is -2.55. The van der Waals surface area contributed by atoms with Crippen molar-refractivity contribution in [3.63, 3.8) is 0 Å². The van der Waals surface area contributed by atoms with E-state index in [-0.39, 0.29) is 5.97 Å². The number of ether oxygens (including phenoxy) is 2. The van der Waals surface area contributed by atoms with Crippen LogP contribution in [0.3, 0.4) is 0 Å². The van der Waals surface area contributed by atoms with E-state index in [1.807, 2.05) is 67.6 Å². The summed E-state index contributed by atoms with van der Waals surface area (Å²) >= 11 is 0. The highest BCUT2D eigenvalue weighted by molar-refractivity contribution is 5.93. The summed E-state index contributed by atoms with van der Waals surface area (Å²) in [7, 11) is 0. The minimum Gasteiger partial charge on any atom is -0.463 e. The van der Waals surface area contributed by atoms with E-state index in [2.05, 4.69) is 0 Å². The summed E-state index contributed by atoms with van der Waals surface area (Å²) < 4.78 is 10.8. The summed E-state index contributed by atoms with van der Waals surface area (Å²) in [6.45, 7) is 4.14. The first-order valence-electron chi connectivity index (χ1n) is 7.43. The average Bonchev–Trinajstić information content (AvgIpc) is 2.55. The lowest BCUT2D eigenvalue weighted by Crippen LogP contribution is -2.06. The maximum absolute atomic E-state index is 11.8. The molecule has 0 unspecified atom stereocenters. The Morgan fingerprint density at radius 2 is 1.59 bits per heavy atom. The summed E-state index contributed by atoms with van der Waals surface area (Å²) in [5.41, 5.74) is 1.61. The summed E-state index contributed by atoms with van der Waals surface area (Å²) in [6.07, 6.45) is 2.49. The highest BCUT2D eigenvalue weighted by atomic mass is 16.5. The third-order valence-electron chi connectivity index (χ3n) is 3.12. The molecule has 0 aliphatic heterocycles. The van der Waals surface area contributed by atoms with Gasteiger partial charge < -0.3 is 9.47 Å². The fraction of sp³-hybridized carbons (Fsp3) is 0.211. The first-order chi connectivity index (χ1) is 10.7. The van der Waals surface area contributed by atoms with Crippen LogP contribution in [0.5, 0.6) is 11.5 Å². The molecule has 22 heavy (non-hydrogen) atoms. The van der Waals surface area contributed by atoms with E-state index >= 15 is 0 Å². The lowest BCUT2D eigenvalue weighted by molar-refractivity contribution is -0.138. The molecule has 0 saturated carbocycles. The molecule has 0 bridgehead atoms. The zero-order valence-corrected chi connectivity index (χ0v) is 12.9. The molecule has 0 aliphatic carbocycles. The van der Waals surface area contributed by atoms with Crippen molar-refractivity contribution in [2.45, 2.75) is 20.3 Å². The third kappa shape index (κ3) is 4.48. The van der Waals surface area contributed by atoms with Gasteiger partial charge in [0.15, 0.2) is 0 Å². The van der Waals surface area contributed by atoms with Gasteiger partial charge in [-0.15, -0.1) is 0 Å². The van der Waals surface area contributed by atoms with Crippen molar-refractivity contribution in [2.75, 3.05) is 6.61 Å². The molecule has 3 nitrogen and oxygen atoms in total. The normalized spacial score (nSPS) is 11.1. The van der Waals surface area contributed by atoms with Crippen LogP contribution in [-0.4, -0.2) is 12.6 Å². The molecule has 2 aromatic rings. The van der Waals surface area contributed by atoms with Crippen molar-refractivity contribution in [2.24, 2.45) is 0 Å². The van der Waals surface area contributed by atoms with Crippen molar-refractivity contribution in [1.29, 1.82) is 0 Å². The largest absolute Gasteiger partial charge is 0.463 e. The standard InChI is InChI=1S/C19H20O3/c1-3-16(19(20)21-4-2)14-15-10-12-18(13-11-15)22-17-8-6-5-7-9-17/h5-14H,3-4H2,1-2H3/b16-14+. The van der Waals surface area contributed by atoms with Gasteiger partial charge in [-0.1, -0.05) is 37.3 Å². The van der Waals surface area contributed by atoms with E-state index in [4.69, 9.17) is 9.47 Å².